The Hall–Kier alpha value is -0.670. The summed E-state index contributed by atoms with van der Waals surface area (Å²) in [6, 6.07) is 6.62. The summed E-state index contributed by atoms with van der Waals surface area (Å²) in [7, 11) is 0. The van der Waals surface area contributed by atoms with Crippen molar-refractivity contribution < 1.29 is 4.74 Å². The largest absolute Gasteiger partial charge is 0.487 e. The van der Waals surface area contributed by atoms with Crippen LogP contribution in [0.2, 0.25) is 0 Å². The van der Waals surface area contributed by atoms with Gasteiger partial charge < -0.3 is 10.1 Å². The SMILES string of the molecule is CC1(C)Cc2cc(CNCC3CCCS3)ccc2O1. The molecule has 1 saturated heterocycles. The molecule has 3 rings (SSSR count). The molecule has 1 aromatic rings. The summed E-state index contributed by atoms with van der Waals surface area (Å²) in [6.07, 6.45) is 3.79. The number of hydrogen-bond donors (Lipinski definition) is 1. The van der Waals surface area contributed by atoms with Crippen molar-refractivity contribution in [3.8, 4) is 5.75 Å². The number of benzene rings is 1. The number of fused-ring (bicyclic) bond motifs is 1. The van der Waals surface area contributed by atoms with E-state index >= 15 is 0 Å². The van der Waals surface area contributed by atoms with E-state index in [4.69, 9.17) is 4.74 Å². The van der Waals surface area contributed by atoms with Gasteiger partial charge in [-0.25, -0.2) is 0 Å². The Morgan fingerprint density at radius 3 is 3.11 bits per heavy atom. The Morgan fingerprint density at radius 1 is 1.42 bits per heavy atom. The summed E-state index contributed by atoms with van der Waals surface area (Å²) in [5.41, 5.74) is 2.71. The zero-order valence-electron chi connectivity index (χ0n) is 11.9. The highest BCUT2D eigenvalue weighted by molar-refractivity contribution is 8.00. The van der Waals surface area contributed by atoms with E-state index in [1.54, 1.807) is 0 Å². The average Bonchev–Trinajstić information content (AvgIpc) is 2.94. The molecule has 1 fully saturated rings. The van der Waals surface area contributed by atoms with Crippen molar-refractivity contribution in [2.75, 3.05) is 12.3 Å². The molecule has 104 valence electrons. The maximum atomic E-state index is 5.91. The van der Waals surface area contributed by atoms with Crippen LogP contribution in [0, 0.1) is 0 Å². The Balaban J connectivity index is 1.55. The first-order valence-electron chi connectivity index (χ1n) is 7.25. The van der Waals surface area contributed by atoms with Crippen molar-refractivity contribution in [2.45, 2.75) is 50.5 Å². The summed E-state index contributed by atoms with van der Waals surface area (Å²) in [5, 5.41) is 4.42. The van der Waals surface area contributed by atoms with Crippen molar-refractivity contribution in [1.29, 1.82) is 0 Å². The topological polar surface area (TPSA) is 21.3 Å². The number of thioether (sulfide) groups is 1. The zero-order chi connectivity index (χ0) is 13.3. The minimum Gasteiger partial charge on any atom is -0.487 e. The highest BCUT2D eigenvalue weighted by Gasteiger charge is 2.29. The Labute approximate surface area is 120 Å². The van der Waals surface area contributed by atoms with Crippen LogP contribution in [-0.2, 0) is 13.0 Å². The van der Waals surface area contributed by atoms with Crippen LogP contribution < -0.4 is 10.1 Å². The lowest BCUT2D eigenvalue weighted by molar-refractivity contribution is 0.138. The second kappa shape index (κ2) is 5.37. The summed E-state index contributed by atoms with van der Waals surface area (Å²) in [6.45, 7) is 6.43. The molecule has 0 bridgehead atoms. The fourth-order valence-corrected chi connectivity index (χ4v) is 4.19. The molecule has 2 aliphatic heterocycles. The second-order valence-electron chi connectivity index (χ2n) is 6.25. The third kappa shape index (κ3) is 3.26. The molecule has 0 saturated carbocycles. The van der Waals surface area contributed by atoms with E-state index in [1.165, 1.54) is 29.7 Å². The summed E-state index contributed by atoms with van der Waals surface area (Å²) in [4.78, 5) is 0. The van der Waals surface area contributed by atoms with Crippen LogP contribution in [0.1, 0.15) is 37.8 Å². The molecule has 0 aliphatic carbocycles. The van der Waals surface area contributed by atoms with Crippen LogP contribution in [0.5, 0.6) is 5.75 Å². The highest BCUT2D eigenvalue weighted by atomic mass is 32.2. The molecule has 3 heteroatoms. The lowest BCUT2D eigenvalue weighted by Crippen LogP contribution is -2.24. The van der Waals surface area contributed by atoms with Crippen molar-refractivity contribution in [3.05, 3.63) is 29.3 Å². The molecule has 0 spiro atoms. The number of hydrogen-bond acceptors (Lipinski definition) is 3. The van der Waals surface area contributed by atoms with Gasteiger partial charge >= 0.3 is 0 Å². The number of rotatable bonds is 4. The Kier molecular flexibility index (Phi) is 3.77. The normalized spacial score (nSPS) is 24.2. The van der Waals surface area contributed by atoms with Gasteiger partial charge in [0.15, 0.2) is 0 Å². The first-order valence-corrected chi connectivity index (χ1v) is 8.30. The minimum absolute atomic E-state index is 0.0329. The third-order valence-electron chi connectivity index (χ3n) is 3.85. The molecule has 0 radical (unpaired) electrons. The Bertz CT molecular complexity index is 452. The summed E-state index contributed by atoms with van der Waals surface area (Å²) in [5.74, 6) is 2.41. The average molecular weight is 277 g/mol. The molecule has 2 aliphatic rings. The van der Waals surface area contributed by atoms with E-state index in [1.807, 2.05) is 0 Å². The van der Waals surface area contributed by atoms with Gasteiger partial charge in [-0.3, -0.25) is 0 Å². The van der Waals surface area contributed by atoms with Gasteiger partial charge in [-0.15, -0.1) is 0 Å². The molecule has 1 N–H and O–H groups in total. The van der Waals surface area contributed by atoms with Gasteiger partial charge in [0, 0.05) is 24.8 Å². The van der Waals surface area contributed by atoms with Crippen LogP contribution in [0.15, 0.2) is 18.2 Å². The van der Waals surface area contributed by atoms with Crippen LogP contribution >= 0.6 is 11.8 Å². The number of nitrogens with one attached hydrogen (secondary N) is 1. The lowest BCUT2D eigenvalue weighted by atomic mass is 10.0. The number of ether oxygens (including phenoxy) is 1. The van der Waals surface area contributed by atoms with Crippen molar-refractivity contribution in [3.63, 3.8) is 0 Å². The zero-order valence-corrected chi connectivity index (χ0v) is 12.7. The van der Waals surface area contributed by atoms with E-state index < -0.39 is 0 Å². The van der Waals surface area contributed by atoms with E-state index in [2.05, 4.69) is 49.1 Å². The van der Waals surface area contributed by atoms with Crippen LogP contribution in [0.3, 0.4) is 0 Å². The maximum Gasteiger partial charge on any atom is 0.123 e. The van der Waals surface area contributed by atoms with E-state index in [0.29, 0.717) is 0 Å². The fraction of sp³-hybridized carbons (Fsp3) is 0.625. The lowest BCUT2D eigenvalue weighted by Gasteiger charge is -2.16. The van der Waals surface area contributed by atoms with Crippen molar-refractivity contribution in [1.82, 2.24) is 5.32 Å². The van der Waals surface area contributed by atoms with Gasteiger partial charge in [0.1, 0.15) is 11.4 Å². The molecule has 1 aromatic carbocycles. The molecule has 1 unspecified atom stereocenters. The fourth-order valence-electron chi connectivity index (χ4n) is 2.96. The second-order valence-corrected chi connectivity index (χ2v) is 7.65. The van der Waals surface area contributed by atoms with Crippen LogP contribution in [-0.4, -0.2) is 23.1 Å². The first-order chi connectivity index (χ1) is 9.12. The van der Waals surface area contributed by atoms with Gasteiger partial charge in [-0.2, -0.15) is 11.8 Å². The smallest absolute Gasteiger partial charge is 0.123 e. The molecule has 2 nitrogen and oxygen atoms in total. The first kappa shape index (κ1) is 13.3. The molecule has 1 atom stereocenters. The van der Waals surface area contributed by atoms with Gasteiger partial charge in [-0.05, 0) is 49.6 Å². The standard InChI is InChI=1S/C16H23NOS/c1-16(2)9-13-8-12(5-6-15(13)18-16)10-17-11-14-4-3-7-19-14/h5-6,8,14,17H,3-4,7,9-11H2,1-2H3. The summed E-state index contributed by atoms with van der Waals surface area (Å²) >= 11 is 2.11. The molecule has 2 heterocycles. The predicted molar refractivity (Wildman–Crippen MR) is 82.0 cm³/mol. The molecule has 0 aromatic heterocycles. The molecule has 19 heavy (non-hydrogen) atoms. The monoisotopic (exact) mass is 277 g/mol. The minimum atomic E-state index is -0.0329. The van der Waals surface area contributed by atoms with Crippen LogP contribution in [0.4, 0.5) is 0 Å². The van der Waals surface area contributed by atoms with Gasteiger partial charge in [0.05, 0.1) is 0 Å². The van der Waals surface area contributed by atoms with E-state index in [9.17, 15) is 0 Å². The van der Waals surface area contributed by atoms with Crippen molar-refractivity contribution >= 4 is 11.8 Å². The van der Waals surface area contributed by atoms with Gasteiger partial charge in [-0.1, -0.05) is 12.1 Å². The van der Waals surface area contributed by atoms with Crippen LogP contribution in [0.25, 0.3) is 0 Å². The van der Waals surface area contributed by atoms with Crippen molar-refractivity contribution in [2.24, 2.45) is 0 Å². The third-order valence-corrected chi connectivity index (χ3v) is 5.25. The van der Waals surface area contributed by atoms with E-state index in [-0.39, 0.29) is 5.60 Å². The molecular formula is C16H23NOS. The van der Waals surface area contributed by atoms with Gasteiger partial charge in [0.25, 0.3) is 0 Å². The molecule has 0 amide bonds. The molecular weight excluding hydrogens is 254 g/mol. The maximum absolute atomic E-state index is 5.91. The highest BCUT2D eigenvalue weighted by Crippen LogP contribution is 2.35. The predicted octanol–water partition coefficient (Wildman–Crippen LogP) is 3.39. The summed E-state index contributed by atoms with van der Waals surface area (Å²) < 4.78 is 5.91. The Morgan fingerprint density at radius 2 is 2.32 bits per heavy atom. The quantitative estimate of drug-likeness (QED) is 0.911. The van der Waals surface area contributed by atoms with Gasteiger partial charge in [0.2, 0.25) is 0 Å². The van der Waals surface area contributed by atoms with E-state index in [0.717, 1.165) is 30.5 Å².